The van der Waals surface area contributed by atoms with E-state index in [9.17, 15) is 24.6 Å². The molecule has 0 aromatic heterocycles. The number of aliphatic hydroxyl groups excluding tert-OH is 1. The summed E-state index contributed by atoms with van der Waals surface area (Å²) in [6, 6.07) is 16.1. The Labute approximate surface area is 203 Å². The number of ether oxygens (including phenoxy) is 1. The number of hydrogen-bond donors (Lipinski definition) is 3. The second kappa shape index (κ2) is 9.34. The molecule has 0 bridgehead atoms. The van der Waals surface area contributed by atoms with Crippen LogP contribution in [0, 0.1) is 11.3 Å². The molecule has 184 valence electrons. The molecule has 2 amide bonds. The number of nitrogens with zero attached hydrogens (tertiary/aromatic N) is 1. The van der Waals surface area contributed by atoms with E-state index in [-0.39, 0.29) is 43.4 Å². The number of aliphatic hydroxyl groups is 1. The molecule has 5 rings (SSSR count). The molecule has 0 radical (unpaired) electrons. The van der Waals surface area contributed by atoms with Gasteiger partial charge in [-0.25, -0.2) is 4.79 Å². The van der Waals surface area contributed by atoms with E-state index in [1.165, 1.54) is 0 Å². The highest BCUT2D eigenvalue weighted by molar-refractivity contribution is 5.80. The van der Waals surface area contributed by atoms with Gasteiger partial charge >= 0.3 is 12.1 Å². The largest absolute Gasteiger partial charge is 0.481 e. The molecular formula is C27H30N2O6. The molecule has 2 fully saturated rings. The van der Waals surface area contributed by atoms with Crippen molar-refractivity contribution in [2.24, 2.45) is 11.3 Å². The van der Waals surface area contributed by atoms with Crippen molar-refractivity contribution in [2.75, 3.05) is 26.2 Å². The van der Waals surface area contributed by atoms with Crippen molar-refractivity contribution in [3.63, 3.8) is 0 Å². The summed E-state index contributed by atoms with van der Waals surface area (Å²) in [6.07, 6.45) is 0.715. The number of rotatable bonds is 7. The number of likely N-dealkylation sites (tertiary alicyclic amines) is 1. The summed E-state index contributed by atoms with van der Waals surface area (Å²) >= 11 is 0. The maximum absolute atomic E-state index is 12.7. The normalized spacial score (nSPS) is 20.6. The molecule has 2 aliphatic carbocycles. The van der Waals surface area contributed by atoms with E-state index in [1.54, 1.807) is 4.90 Å². The lowest BCUT2D eigenvalue weighted by molar-refractivity contribution is -0.146. The van der Waals surface area contributed by atoms with Crippen LogP contribution in [0.25, 0.3) is 11.1 Å². The molecule has 3 N–H and O–H groups in total. The zero-order valence-electron chi connectivity index (χ0n) is 19.5. The Hall–Kier alpha value is -3.39. The highest BCUT2D eigenvalue weighted by atomic mass is 16.5. The minimum atomic E-state index is -1.08. The van der Waals surface area contributed by atoms with Crippen molar-refractivity contribution in [2.45, 2.75) is 37.7 Å². The fraction of sp³-hybridized carbons (Fsp3) is 0.444. The molecule has 2 atom stereocenters. The standard InChI is InChI=1S/C27H30N2O6/c30-17(12-24(31)29-14-23(25(32)33)27(16-29)10-5-11-27)13-28-26(34)35-15-22-20-8-3-1-6-18(20)19-7-2-4-9-21(19)22/h1-4,6-9,17,22-23,30H,5,10-16H2,(H,28,34)(H,32,33). The van der Waals surface area contributed by atoms with E-state index in [1.807, 2.05) is 36.4 Å². The molecule has 2 aromatic carbocycles. The number of aliphatic carboxylic acids is 1. The summed E-state index contributed by atoms with van der Waals surface area (Å²) < 4.78 is 5.46. The molecule has 2 unspecified atom stereocenters. The predicted octanol–water partition coefficient (Wildman–Crippen LogP) is 2.99. The van der Waals surface area contributed by atoms with Crippen LogP contribution < -0.4 is 5.32 Å². The van der Waals surface area contributed by atoms with Gasteiger partial charge in [-0.15, -0.1) is 0 Å². The predicted molar refractivity (Wildman–Crippen MR) is 128 cm³/mol. The van der Waals surface area contributed by atoms with Gasteiger partial charge in [-0.2, -0.15) is 0 Å². The number of amides is 2. The van der Waals surface area contributed by atoms with E-state index < -0.39 is 24.1 Å². The minimum Gasteiger partial charge on any atom is -0.481 e. The fourth-order valence-electron chi connectivity index (χ4n) is 5.89. The van der Waals surface area contributed by atoms with Crippen LogP contribution in [0.2, 0.25) is 0 Å². The Kier molecular flexibility index (Phi) is 6.23. The van der Waals surface area contributed by atoms with E-state index in [0.717, 1.165) is 41.5 Å². The number of hydrogen-bond acceptors (Lipinski definition) is 5. The summed E-state index contributed by atoms with van der Waals surface area (Å²) in [5.74, 6) is -1.76. The highest BCUT2D eigenvalue weighted by Crippen LogP contribution is 2.51. The number of carboxylic acids is 1. The highest BCUT2D eigenvalue weighted by Gasteiger charge is 2.54. The number of carboxylic acid groups (broad SMARTS) is 1. The maximum atomic E-state index is 12.7. The van der Waals surface area contributed by atoms with Gasteiger partial charge in [0.05, 0.1) is 18.4 Å². The monoisotopic (exact) mass is 478 g/mol. The van der Waals surface area contributed by atoms with Crippen LogP contribution in [-0.2, 0) is 14.3 Å². The van der Waals surface area contributed by atoms with E-state index in [0.29, 0.717) is 6.54 Å². The van der Waals surface area contributed by atoms with Gasteiger partial charge in [0.25, 0.3) is 0 Å². The molecule has 1 saturated heterocycles. The average molecular weight is 479 g/mol. The third-order valence-electron chi connectivity index (χ3n) is 7.88. The SMILES string of the molecule is O=C(NCC(O)CC(=O)N1CC(C(=O)O)C2(CCC2)C1)OCC1c2ccccc2-c2ccccc21. The first-order chi connectivity index (χ1) is 16.9. The number of carbonyl (C=O) groups excluding carboxylic acids is 2. The first-order valence-electron chi connectivity index (χ1n) is 12.2. The van der Waals surface area contributed by atoms with Gasteiger partial charge in [0, 0.05) is 31.0 Å². The van der Waals surface area contributed by atoms with Crippen LogP contribution in [0.1, 0.15) is 42.7 Å². The summed E-state index contributed by atoms with van der Waals surface area (Å²) in [5, 5.41) is 22.4. The third-order valence-corrected chi connectivity index (χ3v) is 7.88. The fourth-order valence-corrected chi connectivity index (χ4v) is 5.89. The average Bonchev–Trinajstić information content (AvgIpc) is 3.39. The van der Waals surface area contributed by atoms with E-state index in [2.05, 4.69) is 17.4 Å². The van der Waals surface area contributed by atoms with Gasteiger partial charge in [0.1, 0.15) is 6.61 Å². The van der Waals surface area contributed by atoms with Crippen molar-refractivity contribution in [3.05, 3.63) is 59.7 Å². The number of nitrogens with one attached hydrogen (secondary N) is 1. The second-order valence-corrected chi connectivity index (χ2v) is 9.95. The van der Waals surface area contributed by atoms with Crippen LogP contribution in [0.15, 0.2) is 48.5 Å². The van der Waals surface area contributed by atoms with Crippen molar-refractivity contribution >= 4 is 18.0 Å². The number of benzene rings is 2. The van der Waals surface area contributed by atoms with Crippen LogP contribution in [-0.4, -0.2) is 65.4 Å². The summed E-state index contributed by atoms with van der Waals surface area (Å²) in [4.78, 5) is 38.1. The lowest BCUT2D eigenvalue weighted by Crippen LogP contribution is -2.41. The molecule has 1 saturated carbocycles. The number of alkyl carbamates (subject to hydrolysis) is 1. The second-order valence-electron chi connectivity index (χ2n) is 9.95. The number of fused-ring (bicyclic) bond motifs is 3. The van der Waals surface area contributed by atoms with Gasteiger partial charge in [0.15, 0.2) is 0 Å². The van der Waals surface area contributed by atoms with Crippen molar-refractivity contribution in [1.82, 2.24) is 10.2 Å². The van der Waals surface area contributed by atoms with Gasteiger partial charge in [-0.3, -0.25) is 9.59 Å². The molecule has 3 aliphatic rings. The quantitative estimate of drug-likeness (QED) is 0.563. The van der Waals surface area contributed by atoms with Crippen LogP contribution in [0.4, 0.5) is 4.79 Å². The maximum Gasteiger partial charge on any atom is 0.407 e. The van der Waals surface area contributed by atoms with Gasteiger partial charge in [0.2, 0.25) is 5.91 Å². The Morgan fingerprint density at radius 1 is 1.06 bits per heavy atom. The lowest BCUT2D eigenvalue weighted by Gasteiger charge is -2.40. The summed E-state index contributed by atoms with van der Waals surface area (Å²) in [7, 11) is 0. The molecule has 8 nitrogen and oxygen atoms in total. The summed E-state index contributed by atoms with van der Waals surface area (Å²) in [5.41, 5.74) is 4.19. The molecule has 1 heterocycles. The zero-order chi connectivity index (χ0) is 24.6. The molecule has 1 aliphatic heterocycles. The summed E-state index contributed by atoms with van der Waals surface area (Å²) in [6.45, 7) is 0.654. The van der Waals surface area contributed by atoms with Gasteiger partial charge in [-0.05, 0) is 35.1 Å². The van der Waals surface area contributed by atoms with Crippen molar-refractivity contribution in [1.29, 1.82) is 0 Å². The third kappa shape index (κ3) is 4.38. The van der Waals surface area contributed by atoms with Crippen molar-refractivity contribution < 1.29 is 29.3 Å². The van der Waals surface area contributed by atoms with Crippen LogP contribution in [0.3, 0.4) is 0 Å². The van der Waals surface area contributed by atoms with E-state index in [4.69, 9.17) is 4.74 Å². The molecule has 35 heavy (non-hydrogen) atoms. The zero-order valence-corrected chi connectivity index (χ0v) is 19.5. The smallest absolute Gasteiger partial charge is 0.407 e. The van der Waals surface area contributed by atoms with Gasteiger partial charge < -0.3 is 25.2 Å². The first kappa shape index (κ1) is 23.4. The first-order valence-corrected chi connectivity index (χ1v) is 12.2. The van der Waals surface area contributed by atoms with Crippen LogP contribution >= 0.6 is 0 Å². The Morgan fingerprint density at radius 2 is 1.69 bits per heavy atom. The Balaban J connectivity index is 1.10. The molecule has 8 heteroatoms. The van der Waals surface area contributed by atoms with Crippen molar-refractivity contribution in [3.8, 4) is 11.1 Å². The Bertz CT molecular complexity index is 1100. The minimum absolute atomic E-state index is 0.0594. The number of carbonyl (C=O) groups is 3. The van der Waals surface area contributed by atoms with Gasteiger partial charge in [-0.1, -0.05) is 55.0 Å². The topological polar surface area (TPSA) is 116 Å². The molecule has 1 spiro atoms. The molecule has 2 aromatic rings. The van der Waals surface area contributed by atoms with E-state index >= 15 is 0 Å². The molecular weight excluding hydrogens is 448 g/mol. The van der Waals surface area contributed by atoms with Crippen LogP contribution in [0.5, 0.6) is 0 Å². The lowest BCUT2D eigenvalue weighted by atomic mass is 9.63. The Morgan fingerprint density at radius 3 is 2.23 bits per heavy atom.